The number of aromatic nitrogens is 3. The summed E-state index contributed by atoms with van der Waals surface area (Å²) in [6, 6.07) is 0. The van der Waals surface area contributed by atoms with Crippen molar-refractivity contribution in [1.29, 1.82) is 0 Å². The Kier molecular flexibility index (Phi) is 4.49. The molecule has 3 aliphatic rings. The quantitative estimate of drug-likeness (QED) is 0.804. The highest BCUT2D eigenvalue weighted by molar-refractivity contribution is 7.16. The van der Waals surface area contributed by atoms with Crippen molar-refractivity contribution in [2.45, 2.75) is 50.7 Å². The molecule has 1 aliphatic carbocycles. The van der Waals surface area contributed by atoms with E-state index in [4.69, 9.17) is 14.5 Å². The summed E-state index contributed by atoms with van der Waals surface area (Å²) in [7, 11) is 1.97. The van der Waals surface area contributed by atoms with Gasteiger partial charge in [0.2, 0.25) is 0 Å². The first-order valence-corrected chi connectivity index (χ1v) is 10.6. The van der Waals surface area contributed by atoms with Crippen LogP contribution in [0.1, 0.15) is 36.3 Å². The molecule has 2 aromatic heterocycles. The molecule has 0 N–H and O–H groups in total. The molecule has 0 unspecified atom stereocenters. The molecule has 2 aliphatic heterocycles. The van der Waals surface area contributed by atoms with Crippen molar-refractivity contribution in [3.05, 3.63) is 16.8 Å². The number of fused-ring (bicyclic) bond motifs is 3. The molecule has 27 heavy (non-hydrogen) atoms. The number of hydrogen-bond acceptors (Lipinski definition) is 6. The van der Waals surface area contributed by atoms with Crippen LogP contribution in [0.15, 0.2) is 6.20 Å². The van der Waals surface area contributed by atoms with Gasteiger partial charge in [0, 0.05) is 36.4 Å². The number of aryl methyl sites for hydroxylation is 2. The number of nitrogens with zero attached hydrogens (tertiary/aromatic N) is 4. The van der Waals surface area contributed by atoms with Gasteiger partial charge in [0.15, 0.2) is 5.13 Å². The van der Waals surface area contributed by atoms with Crippen LogP contribution in [-0.2, 0) is 34.2 Å². The standard InChI is InChI=1S/C19H24N4O3S/c1-22-14-6-7-16-17(13(14)10-20-22)21-19(27-16)23(11-12-4-2-8-25-12)18(24)15-5-3-9-26-15/h10,12,15H,2-9,11H2,1H3/t12-,15-/m0/s1. The van der Waals surface area contributed by atoms with E-state index in [2.05, 4.69) is 5.10 Å². The summed E-state index contributed by atoms with van der Waals surface area (Å²) in [5, 5.41) is 5.16. The minimum atomic E-state index is -0.346. The molecule has 2 saturated heterocycles. The summed E-state index contributed by atoms with van der Waals surface area (Å²) in [5.74, 6) is 0.0282. The maximum Gasteiger partial charge on any atom is 0.257 e. The van der Waals surface area contributed by atoms with Crippen LogP contribution in [0.5, 0.6) is 0 Å². The largest absolute Gasteiger partial charge is 0.376 e. The molecule has 2 atom stereocenters. The van der Waals surface area contributed by atoms with E-state index in [1.54, 1.807) is 11.3 Å². The van der Waals surface area contributed by atoms with Crippen molar-refractivity contribution in [1.82, 2.24) is 14.8 Å². The average molecular weight is 388 g/mol. The molecule has 7 nitrogen and oxygen atoms in total. The first kappa shape index (κ1) is 17.3. The lowest BCUT2D eigenvalue weighted by Crippen LogP contribution is -2.43. The molecule has 8 heteroatoms. The van der Waals surface area contributed by atoms with Gasteiger partial charge in [-0.05, 0) is 38.5 Å². The van der Waals surface area contributed by atoms with E-state index in [9.17, 15) is 4.79 Å². The van der Waals surface area contributed by atoms with Crippen molar-refractivity contribution in [2.24, 2.45) is 7.05 Å². The van der Waals surface area contributed by atoms with Crippen LogP contribution in [-0.4, -0.2) is 52.6 Å². The van der Waals surface area contributed by atoms with Crippen LogP contribution >= 0.6 is 11.3 Å². The number of ether oxygens (including phenoxy) is 2. The summed E-state index contributed by atoms with van der Waals surface area (Å²) in [4.78, 5) is 21.2. The SMILES string of the molecule is Cn1ncc2c1CCc1sc(N(C[C@@H]3CCCO3)C(=O)[C@@H]3CCCO3)nc1-2. The third kappa shape index (κ3) is 3.09. The zero-order valence-electron chi connectivity index (χ0n) is 15.5. The fraction of sp³-hybridized carbons (Fsp3) is 0.632. The molecular weight excluding hydrogens is 364 g/mol. The fourth-order valence-electron chi connectivity index (χ4n) is 4.22. The highest BCUT2D eigenvalue weighted by atomic mass is 32.1. The van der Waals surface area contributed by atoms with Gasteiger partial charge < -0.3 is 9.47 Å². The predicted molar refractivity (Wildman–Crippen MR) is 102 cm³/mol. The fourth-order valence-corrected chi connectivity index (χ4v) is 5.31. The zero-order valence-corrected chi connectivity index (χ0v) is 16.3. The molecule has 1 amide bonds. The van der Waals surface area contributed by atoms with Gasteiger partial charge in [0.25, 0.3) is 5.91 Å². The minimum absolute atomic E-state index is 0.0282. The summed E-state index contributed by atoms with van der Waals surface area (Å²) in [6.45, 7) is 2.00. The predicted octanol–water partition coefficient (Wildman–Crippen LogP) is 2.33. The van der Waals surface area contributed by atoms with Crippen LogP contribution < -0.4 is 4.90 Å². The van der Waals surface area contributed by atoms with Crippen LogP contribution in [0.4, 0.5) is 5.13 Å². The third-order valence-electron chi connectivity index (χ3n) is 5.70. The number of amides is 1. The van der Waals surface area contributed by atoms with E-state index in [1.807, 2.05) is 22.8 Å². The van der Waals surface area contributed by atoms with E-state index in [1.165, 1.54) is 10.6 Å². The van der Waals surface area contributed by atoms with Gasteiger partial charge in [-0.25, -0.2) is 4.98 Å². The first-order chi connectivity index (χ1) is 13.2. The molecular formula is C19H24N4O3S. The van der Waals surface area contributed by atoms with Crippen molar-refractivity contribution < 1.29 is 14.3 Å². The topological polar surface area (TPSA) is 69.5 Å². The Labute approximate surface area is 162 Å². The van der Waals surface area contributed by atoms with E-state index in [0.717, 1.165) is 61.5 Å². The van der Waals surface area contributed by atoms with E-state index >= 15 is 0 Å². The molecule has 0 radical (unpaired) electrons. The Hall–Kier alpha value is -1.77. The maximum atomic E-state index is 13.2. The van der Waals surface area contributed by atoms with Gasteiger partial charge in [-0.2, -0.15) is 5.10 Å². The van der Waals surface area contributed by atoms with E-state index in [0.29, 0.717) is 13.2 Å². The van der Waals surface area contributed by atoms with Crippen LogP contribution in [0, 0.1) is 0 Å². The first-order valence-electron chi connectivity index (χ1n) is 9.76. The molecule has 0 spiro atoms. The Morgan fingerprint density at radius 1 is 1.30 bits per heavy atom. The highest BCUT2D eigenvalue weighted by Crippen LogP contribution is 2.39. The maximum absolute atomic E-state index is 13.2. The Balaban J connectivity index is 1.48. The van der Waals surface area contributed by atoms with Gasteiger partial charge in [-0.3, -0.25) is 14.4 Å². The van der Waals surface area contributed by atoms with Gasteiger partial charge >= 0.3 is 0 Å². The highest BCUT2D eigenvalue weighted by Gasteiger charge is 2.34. The number of carbonyl (C=O) groups excluding carboxylic acids is 1. The molecule has 0 bridgehead atoms. The second kappa shape index (κ2) is 7.00. The molecule has 4 heterocycles. The number of hydrogen-bond donors (Lipinski definition) is 0. The van der Waals surface area contributed by atoms with Gasteiger partial charge in [-0.15, -0.1) is 11.3 Å². The van der Waals surface area contributed by atoms with Crippen molar-refractivity contribution in [2.75, 3.05) is 24.7 Å². The van der Waals surface area contributed by atoms with E-state index in [-0.39, 0.29) is 18.1 Å². The molecule has 2 aromatic rings. The number of thiazole rings is 1. The molecule has 5 rings (SSSR count). The normalized spacial score (nSPS) is 24.0. The molecule has 2 fully saturated rings. The molecule has 0 aromatic carbocycles. The second-order valence-corrected chi connectivity index (χ2v) is 8.54. The zero-order chi connectivity index (χ0) is 18.4. The Bertz CT molecular complexity index is 849. The smallest absolute Gasteiger partial charge is 0.257 e. The lowest BCUT2D eigenvalue weighted by Gasteiger charge is -2.25. The summed E-state index contributed by atoms with van der Waals surface area (Å²) in [6.07, 6.45) is 7.33. The van der Waals surface area contributed by atoms with Crippen molar-refractivity contribution in [3.8, 4) is 11.3 Å². The van der Waals surface area contributed by atoms with E-state index < -0.39 is 0 Å². The lowest BCUT2D eigenvalue weighted by atomic mass is 10.0. The molecule has 144 valence electrons. The summed E-state index contributed by atoms with van der Waals surface area (Å²) >= 11 is 1.63. The third-order valence-corrected chi connectivity index (χ3v) is 6.84. The van der Waals surface area contributed by atoms with Crippen LogP contribution in [0.2, 0.25) is 0 Å². The van der Waals surface area contributed by atoms with Gasteiger partial charge in [-0.1, -0.05) is 0 Å². The lowest BCUT2D eigenvalue weighted by molar-refractivity contribution is -0.127. The van der Waals surface area contributed by atoms with Crippen molar-refractivity contribution in [3.63, 3.8) is 0 Å². The Morgan fingerprint density at radius 2 is 2.15 bits per heavy atom. The monoisotopic (exact) mass is 388 g/mol. The van der Waals surface area contributed by atoms with Gasteiger partial charge in [0.1, 0.15) is 6.10 Å². The van der Waals surface area contributed by atoms with Crippen LogP contribution in [0.25, 0.3) is 11.3 Å². The number of carbonyl (C=O) groups is 1. The number of anilines is 1. The van der Waals surface area contributed by atoms with Crippen LogP contribution in [0.3, 0.4) is 0 Å². The van der Waals surface area contributed by atoms with Gasteiger partial charge in [0.05, 0.1) is 24.5 Å². The number of rotatable bonds is 4. The summed E-state index contributed by atoms with van der Waals surface area (Å²) in [5.41, 5.74) is 3.31. The average Bonchev–Trinajstić information content (AvgIpc) is 3.45. The van der Waals surface area contributed by atoms with Crippen molar-refractivity contribution >= 4 is 22.4 Å². The Morgan fingerprint density at radius 3 is 2.93 bits per heavy atom. The summed E-state index contributed by atoms with van der Waals surface area (Å²) < 4.78 is 13.4. The second-order valence-electron chi connectivity index (χ2n) is 7.48. The minimum Gasteiger partial charge on any atom is -0.376 e. The molecule has 0 saturated carbocycles.